The van der Waals surface area contributed by atoms with Crippen LogP contribution in [0.4, 0.5) is 0 Å². The number of aromatic amines is 1. The van der Waals surface area contributed by atoms with Crippen molar-refractivity contribution in [3.8, 4) is 28.3 Å². The zero-order chi connectivity index (χ0) is 22.4. The number of nitrogens with zero attached hydrogens (tertiary/aromatic N) is 2. The Morgan fingerprint density at radius 1 is 0.939 bits per heavy atom. The van der Waals surface area contributed by atoms with Crippen LogP contribution in [0.2, 0.25) is 0 Å². The molecule has 160 valence electrons. The van der Waals surface area contributed by atoms with E-state index in [2.05, 4.69) is 39.6 Å². The Bertz CT molecular complexity index is 1510. The van der Waals surface area contributed by atoms with Gasteiger partial charge in [-0.2, -0.15) is 0 Å². The Balaban J connectivity index is 1.48. The number of H-pyrrole nitrogens is 1. The first-order chi connectivity index (χ1) is 16.2. The molecule has 1 aliphatic carbocycles. The van der Waals surface area contributed by atoms with Crippen molar-refractivity contribution in [3.63, 3.8) is 0 Å². The molecule has 1 unspecified atom stereocenters. The molecule has 1 aliphatic rings. The fraction of sp³-hybridized carbons (Fsp3) is 0.0741. The molecule has 0 fully saturated rings. The summed E-state index contributed by atoms with van der Waals surface area (Å²) in [5.74, 6) is 1.43. The zero-order valence-corrected chi connectivity index (χ0v) is 17.9. The third kappa shape index (κ3) is 3.15. The highest BCUT2D eigenvalue weighted by Crippen LogP contribution is 2.47. The lowest BCUT2D eigenvalue weighted by Crippen LogP contribution is -2.28. The highest BCUT2D eigenvalue weighted by atomic mass is 16.5. The molecule has 5 aromatic rings. The second kappa shape index (κ2) is 7.60. The van der Waals surface area contributed by atoms with Crippen molar-refractivity contribution in [2.75, 3.05) is 7.11 Å². The monoisotopic (exact) mass is 432 g/mol. The van der Waals surface area contributed by atoms with Crippen molar-refractivity contribution in [3.05, 3.63) is 102 Å². The molecule has 6 nitrogen and oxygen atoms in total. The molecule has 6 rings (SSSR count). The lowest BCUT2D eigenvalue weighted by Gasteiger charge is -2.16. The van der Waals surface area contributed by atoms with E-state index in [0.29, 0.717) is 5.56 Å². The molecule has 0 radical (unpaired) electrons. The normalized spacial score (nSPS) is 14.0. The quantitative estimate of drug-likeness (QED) is 0.412. The maximum Gasteiger partial charge on any atom is 0.252 e. The number of aromatic nitrogens is 3. The van der Waals surface area contributed by atoms with Crippen LogP contribution in [0.3, 0.4) is 0 Å². The molecule has 1 amide bonds. The number of pyridine rings is 1. The van der Waals surface area contributed by atoms with E-state index < -0.39 is 0 Å². The van der Waals surface area contributed by atoms with Gasteiger partial charge in [-0.05, 0) is 46.5 Å². The van der Waals surface area contributed by atoms with E-state index in [-0.39, 0.29) is 11.9 Å². The summed E-state index contributed by atoms with van der Waals surface area (Å²) in [5, 5.41) is 3.21. The van der Waals surface area contributed by atoms with Crippen LogP contribution in [0.5, 0.6) is 5.75 Å². The molecule has 33 heavy (non-hydrogen) atoms. The average molecular weight is 432 g/mol. The number of hydrogen-bond donors (Lipinski definition) is 2. The third-order valence-corrected chi connectivity index (χ3v) is 6.11. The number of benzene rings is 3. The fourth-order valence-electron chi connectivity index (χ4n) is 4.57. The average Bonchev–Trinajstić information content (AvgIpc) is 3.43. The molecule has 2 heterocycles. The van der Waals surface area contributed by atoms with Gasteiger partial charge in [0.05, 0.1) is 24.2 Å². The molecule has 0 saturated carbocycles. The van der Waals surface area contributed by atoms with Crippen LogP contribution in [0.15, 0.2) is 85.2 Å². The van der Waals surface area contributed by atoms with Crippen LogP contribution in [-0.2, 0) is 0 Å². The van der Waals surface area contributed by atoms with E-state index in [9.17, 15) is 4.79 Å². The molecule has 0 bridgehead atoms. The van der Waals surface area contributed by atoms with Crippen LogP contribution in [0.1, 0.15) is 27.5 Å². The van der Waals surface area contributed by atoms with Gasteiger partial charge in [-0.3, -0.25) is 9.78 Å². The van der Waals surface area contributed by atoms with Crippen LogP contribution in [0.25, 0.3) is 33.5 Å². The second-order valence-corrected chi connectivity index (χ2v) is 7.97. The number of imidazole rings is 1. The van der Waals surface area contributed by atoms with Crippen molar-refractivity contribution < 1.29 is 9.53 Å². The third-order valence-electron chi connectivity index (χ3n) is 6.11. The number of rotatable bonds is 4. The van der Waals surface area contributed by atoms with Gasteiger partial charge in [0.25, 0.3) is 5.91 Å². The second-order valence-electron chi connectivity index (χ2n) is 7.97. The Kier molecular flexibility index (Phi) is 4.43. The smallest absolute Gasteiger partial charge is 0.252 e. The summed E-state index contributed by atoms with van der Waals surface area (Å²) in [6, 6.07) is 23.3. The number of fused-ring (bicyclic) bond motifs is 4. The summed E-state index contributed by atoms with van der Waals surface area (Å²) < 4.78 is 5.35. The number of carbonyl (C=O) groups is 1. The maximum absolute atomic E-state index is 13.0. The summed E-state index contributed by atoms with van der Waals surface area (Å²) in [7, 11) is 1.65. The summed E-state index contributed by atoms with van der Waals surface area (Å²) >= 11 is 0. The first kappa shape index (κ1) is 19.3. The highest BCUT2D eigenvalue weighted by molar-refractivity contribution is 5.97. The molecule has 0 aliphatic heterocycles. The van der Waals surface area contributed by atoms with E-state index in [4.69, 9.17) is 9.72 Å². The standard InChI is InChI=1S/C27H20N4O2/c1-33-17-9-10-22-23(15-17)30-26(29-22)21-8-4-7-20-24(21)18-5-2-3-6-19(18)25(20)31-27(32)16-11-13-28-14-12-16/h2-15,25H,1H3,(H,29,30)(H,31,32). The van der Waals surface area contributed by atoms with Crippen molar-refractivity contribution in [1.29, 1.82) is 0 Å². The lowest BCUT2D eigenvalue weighted by molar-refractivity contribution is 0.0943. The number of ether oxygens (including phenoxy) is 1. The van der Waals surface area contributed by atoms with Crippen LogP contribution >= 0.6 is 0 Å². The van der Waals surface area contributed by atoms with Crippen molar-refractivity contribution in [1.82, 2.24) is 20.3 Å². The predicted molar refractivity (Wildman–Crippen MR) is 127 cm³/mol. The zero-order valence-electron chi connectivity index (χ0n) is 17.9. The van der Waals surface area contributed by atoms with Gasteiger partial charge in [0.1, 0.15) is 11.6 Å². The minimum Gasteiger partial charge on any atom is -0.497 e. The summed E-state index contributed by atoms with van der Waals surface area (Å²) in [4.78, 5) is 25.3. The van der Waals surface area contributed by atoms with E-state index in [0.717, 1.165) is 50.4 Å². The number of hydrogen-bond acceptors (Lipinski definition) is 4. The number of amides is 1. The lowest BCUT2D eigenvalue weighted by atomic mass is 9.98. The van der Waals surface area contributed by atoms with Crippen LogP contribution in [-0.4, -0.2) is 28.0 Å². The van der Waals surface area contributed by atoms with Gasteiger partial charge in [-0.1, -0.05) is 42.5 Å². The predicted octanol–water partition coefficient (Wildman–Crippen LogP) is 5.13. The van der Waals surface area contributed by atoms with Gasteiger partial charge in [0.2, 0.25) is 0 Å². The van der Waals surface area contributed by atoms with Gasteiger partial charge in [0, 0.05) is 29.6 Å². The molecule has 2 N–H and O–H groups in total. The molecule has 3 aromatic carbocycles. The van der Waals surface area contributed by atoms with Crippen molar-refractivity contribution in [2.45, 2.75) is 6.04 Å². The highest BCUT2D eigenvalue weighted by Gasteiger charge is 2.32. The largest absolute Gasteiger partial charge is 0.497 e. The first-order valence-corrected chi connectivity index (χ1v) is 10.7. The number of methoxy groups -OCH3 is 1. The maximum atomic E-state index is 13.0. The number of nitrogens with one attached hydrogen (secondary N) is 2. The molecular formula is C27H20N4O2. The van der Waals surface area contributed by atoms with Crippen molar-refractivity contribution >= 4 is 16.9 Å². The minimum atomic E-state index is -0.249. The first-order valence-electron chi connectivity index (χ1n) is 10.7. The molecule has 0 saturated heterocycles. The van der Waals surface area contributed by atoms with Crippen LogP contribution < -0.4 is 10.1 Å². The Morgan fingerprint density at radius 3 is 2.58 bits per heavy atom. The van der Waals surface area contributed by atoms with E-state index in [1.54, 1.807) is 31.6 Å². The molecule has 1 atom stereocenters. The molecule has 0 spiro atoms. The van der Waals surface area contributed by atoms with Gasteiger partial charge in [0.15, 0.2) is 0 Å². The Hall–Kier alpha value is -4.45. The molecular weight excluding hydrogens is 412 g/mol. The van der Waals surface area contributed by atoms with E-state index >= 15 is 0 Å². The van der Waals surface area contributed by atoms with Gasteiger partial charge in [-0.25, -0.2) is 4.98 Å². The van der Waals surface area contributed by atoms with Crippen molar-refractivity contribution in [2.24, 2.45) is 0 Å². The summed E-state index contributed by atoms with van der Waals surface area (Å²) in [5.41, 5.74) is 7.66. The Labute approximate surface area is 190 Å². The Morgan fingerprint density at radius 2 is 1.73 bits per heavy atom. The topological polar surface area (TPSA) is 79.9 Å². The summed E-state index contributed by atoms with van der Waals surface area (Å²) in [6.07, 6.45) is 3.25. The van der Waals surface area contributed by atoms with Crippen LogP contribution in [0, 0.1) is 0 Å². The van der Waals surface area contributed by atoms with Gasteiger partial charge in [-0.15, -0.1) is 0 Å². The van der Waals surface area contributed by atoms with E-state index in [1.807, 2.05) is 36.4 Å². The van der Waals surface area contributed by atoms with Gasteiger partial charge >= 0.3 is 0 Å². The number of carbonyl (C=O) groups excluding carboxylic acids is 1. The SMILES string of the molecule is COc1ccc2nc(-c3cccc4c3-c3ccccc3C4NC(=O)c3ccncc3)[nH]c2c1. The summed E-state index contributed by atoms with van der Waals surface area (Å²) in [6.45, 7) is 0. The van der Waals surface area contributed by atoms with E-state index in [1.165, 1.54) is 0 Å². The fourth-order valence-corrected chi connectivity index (χ4v) is 4.57. The van der Waals surface area contributed by atoms with Gasteiger partial charge < -0.3 is 15.0 Å². The molecule has 6 heteroatoms. The molecule has 2 aromatic heterocycles. The minimum absolute atomic E-state index is 0.133.